The Kier molecular flexibility index (Phi) is 5.70. The highest BCUT2D eigenvalue weighted by Crippen LogP contribution is 2.36. The maximum absolute atomic E-state index is 12.8. The SMILES string of the molecule is COc1cccc(-n2nnc(C(=O)Nc3cc(Cl)c(OC)cc3OC)c2C)c1. The standard InChI is InChI=1S/C19H19ClN4O4/c1-11-18(22-23-24(11)12-6-5-7-13(8-12)26-2)19(25)21-15-9-14(20)16(27-3)10-17(15)28-4/h5-10H,1-4H3,(H,21,25). The maximum atomic E-state index is 12.8. The van der Waals surface area contributed by atoms with Crippen LogP contribution >= 0.6 is 11.6 Å². The van der Waals surface area contributed by atoms with E-state index in [1.165, 1.54) is 14.2 Å². The van der Waals surface area contributed by atoms with Crippen LogP contribution in [0.25, 0.3) is 5.69 Å². The Morgan fingerprint density at radius 1 is 1.07 bits per heavy atom. The molecule has 9 heteroatoms. The number of nitrogens with one attached hydrogen (secondary N) is 1. The van der Waals surface area contributed by atoms with Gasteiger partial charge in [0.15, 0.2) is 5.69 Å². The minimum Gasteiger partial charge on any atom is -0.497 e. The van der Waals surface area contributed by atoms with Gasteiger partial charge in [-0.1, -0.05) is 22.9 Å². The lowest BCUT2D eigenvalue weighted by Crippen LogP contribution is -2.15. The van der Waals surface area contributed by atoms with Gasteiger partial charge in [-0.15, -0.1) is 5.10 Å². The molecule has 2 aromatic carbocycles. The van der Waals surface area contributed by atoms with Crippen LogP contribution in [0.5, 0.6) is 17.2 Å². The Bertz CT molecular complexity index is 1020. The number of nitrogens with zero attached hydrogens (tertiary/aromatic N) is 3. The van der Waals surface area contributed by atoms with Crippen molar-refractivity contribution in [2.45, 2.75) is 6.92 Å². The third kappa shape index (κ3) is 3.72. The van der Waals surface area contributed by atoms with Gasteiger partial charge in [0.25, 0.3) is 5.91 Å². The van der Waals surface area contributed by atoms with Gasteiger partial charge in [-0.2, -0.15) is 0 Å². The highest BCUT2D eigenvalue weighted by atomic mass is 35.5. The number of ether oxygens (including phenoxy) is 3. The molecule has 8 nitrogen and oxygen atoms in total. The molecule has 0 saturated carbocycles. The molecule has 28 heavy (non-hydrogen) atoms. The first-order valence-electron chi connectivity index (χ1n) is 8.28. The quantitative estimate of drug-likeness (QED) is 0.678. The van der Waals surface area contributed by atoms with Gasteiger partial charge in [0, 0.05) is 12.1 Å². The van der Waals surface area contributed by atoms with E-state index in [1.807, 2.05) is 18.2 Å². The van der Waals surface area contributed by atoms with E-state index in [0.29, 0.717) is 33.7 Å². The molecule has 0 saturated heterocycles. The molecule has 0 unspecified atom stereocenters. The fraction of sp³-hybridized carbons (Fsp3) is 0.211. The summed E-state index contributed by atoms with van der Waals surface area (Å²) in [5, 5.41) is 11.2. The van der Waals surface area contributed by atoms with Crippen LogP contribution in [-0.2, 0) is 0 Å². The third-order valence-electron chi connectivity index (χ3n) is 4.13. The molecule has 146 valence electrons. The summed E-state index contributed by atoms with van der Waals surface area (Å²) in [7, 11) is 4.57. The molecule has 0 bridgehead atoms. The van der Waals surface area contributed by atoms with E-state index in [1.54, 1.807) is 36.9 Å². The first-order chi connectivity index (χ1) is 13.5. The van der Waals surface area contributed by atoms with E-state index >= 15 is 0 Å². The lowest BCUT2D eigenvalue weighted by atomic mass is 10.2. The smallest absolute Gasteiger partial charge is 0.278 e. The Morgan fingerprint density at radius 2 is 1.82 bits per heavy atom. The van der Waals surface area contributed by atoms with Gasteiger partial charge in [-0.3, -0.25) is 4.79 Å². The Labute approximate surface area is 167 Å². The Morgan fingerprint density at radius 3 is 2.50 bits per heavy atom. The van der Waals surface area contributed by atoms with Crippen LogP contribution in [0.15, 0.2) is 36.4 Å². The molecule has 1 aromatic heterocycles. The number of aromatic nitrogens is 3. The summed E-state index contributed by atoms with van der Waals surface area (Å²) in [4.78, 5) is 12.8. The molecular weight excluding hydrogens is 384 g/mol. The zero-order chi connectivity index (χ0) is 20.3. The molecule has 0 radical (unpaired) electrons. The lowest BCUT2D eigenvalue weighted by molar-refractivity contribution is 0.102. The monoisotopic (exact) mass is 402 g/mol. The molecule has 1 N–H and O–H groups in total. The number of hydrogen-bond acceptors (Lipinski definition) is 6. The van der Waals surface area contributed by atoms with E-state index in [9.17, 15) is 4.79 Å². The van der Waals surface area contributed by atoms with Crippen LogP contribution in [0, 0.1) is 6.92 Å². The van der Waals surface area contributed by atoms with Crippen molar-refractivity contribution < 1.29 is 19.0 Å². The van der Waals surface area contributed by atoms with Crippen molar-refractivity contribution >= 4 is 23.2 Å². The largest absolute Gasteiger partial charge is 0.497 e. The van der Waals surface area contributed by atoms with Gasteiger partial charge >= 0.3 is 0 Å². The van der Waals surface area contributed by atoms with Crippen LogP contribution in [0.3, 0.4) is 0 Å². The van der Waals surface area contributed by atoms with Crippen molar-refractivity contribution in [1.82, 2.24) is 15.0 Å². The van der Waals surface area contributed by atoms with E-state index < -0.39 is 5.91 Å². The fourth-order valence-electron chi connectivity index (χ4n) is 2.67. The number of amides is 1. The van der Waals surface area contributed by atoms with Gasteiger partial charge in [-0.25, -0.2) is 4.68 Å². The molecule has 0 aliphatic rings. The van der Waals surface area contributed by atoms with Gasteiger partial charge < -0.3 is 19.5 Å². The summed E-state index contributed by atoms with van der Waals surface area (Å²) < 4.78 is 17.3. The van der Waals surface area contributed by atoms with Crippen LogP contribution < -0.4 is 19.5 Å². The lowest BCUT2D eigenvalue weighted by Gasteiger charge is -2.12. The van der Waals surface area contributed by atoms with Crippen molar-refractivity contribution in [3.05, 3.63) is 52.8 Å². The Hall–Kier alpha value is -3.26. The molecule has 0 spiro atoms. The van der Waals surface area contributed by atoms with Crippen LogP contribution in [0.2, 0.25) is 5.02 Å². The van der Waals surface area contributed by atoms with Crippen molar-refractivity contribution in [3.8, 4) is 22.9 Å². The van der Waals surface area contributed by atoms with E-state index in [0.717, 1.165) is 5.69 Å². The zero-order valence-corrected chi connectivity index (χ0v) is 16.6. The predicted molar refractivity (Wildman–Crippen MR) is 105 cm³/mol. The number of anilines is 1. The van der Waals surface area contributed by atoms with Crippen LogP contribution in [-0.4, -0.2) is 42.2 Å². The summed E-state index contributed by atoms with van der Waals surface area (Å²) in [6.45, 7) is 1.76. The number of benzene rings is 2. The number of rotatable bonds is 6. The van der Waals surface area contributed by atoms with Crippen molar-refractivity contribution in [2.24, 2.45) is 0 Å². The summed E-state index contributed by atoms with van der Waals surface area (Å²) in [5.74, 6) is 1.09. The minimum absolute atomic E-state index is 0.178. The second-order valence-corrected chi connectivity index (χ2v) is 6.19. The first-order valence-corrected chi connectivity index (χ1v) is 8.66. The zero-order valence-electron chi connectivity index (χ0n) is 15.8. The average Bonchev–Trinajstić information content (AvgIpc) is 3.09. The maximum Gasteiger partial charge on any atom is 0.278 e. The molecule has 3 rings (SSSR count). The molecule has 1 heterocycles. The van der Waals surface area contributed by atoms with Crippen molar-refractivity contribution in [1.29, 1.82) is 0 Å². The highest BCUT2D eigenvalue weighted by molar-refractivity contribution is 6.32. The number of carbonyl (C=O) groups is 1. The van der Waals surface area contributed by atoms with Gasteiger partial charge in [0.2, 0.25) is 0 Å². The van der Waals surface area contributed by atoms with Crippen LogP contribution in [0.1, 0.15) is 16.2 Å². The first kappa shape index (κ1) is 19.5. The van der Waals surface area contributed by atoms with E-state index in [4.69, 9.17) is 25.8 Å². The number of methoxy groups -OCH3 is 3. The topological polar surface area (TPSA) is 87.5 Å². The van der Waals surface area contributed by atoms with E-state index in [2.05, 4.69) is 15.6 Å². The normalized spacial score (nSPS) is 10.5. The second-order valence-electron chi connectivity index (χ2n) is 5.78. The number of carbonyl (C=O) groups excluding carboxylic acids is 1. The Balaban J connectivity index is 1.90. The minimum atomic E-state index is -0.439. The summed E-state index contributed by atoms with van der Waals surface area (Å²) in [6.07, 6.45) is 0. The van der Waals surface area contributed by atoms with Gasteiger partial charge in [0.1, 0.15) is 17.2 Å². The molecule has 0 aliphatic carbocycles. The van der Waals surface area contributed by atoms with Gasteiger partial charge in [-0.05, 0) is 25.1 Å². The molecule has 1 amide bonds. The van der Waals surface area contributed by atoms with Crippen molar-refractivity contribution in [3.63, 3.8) is 0 Å². The second kappa shape index (κ2) is 8.18. The highest BCUT2D eigenvalue weighted by Gasteiger charge is 2.20. The number of hydrogen-bond donors (Lipinski definition) is 1. The molecule has 0 aliphatic heterocycles. The number of halogens is 1. The molecule has 0 fully saturated rings. The van der Waals surface area contributed by atoms with E-state index in [-0.39, 0.29) is 5.69 Å². The third-order valence-corrected chi connectivity index (χ3v) is 4.43. The average molecular weight is 403 g/mol. The predicted octanol–water partition coefficient (Wildman–Crippen LogP) is 3.51. The summed E-state index contributed by atoms with van der Waals surface area (Å²) in [5.41, 5.74) is 1.88. The van der Waals surface area contributed by atoms with Crippen molar-refractivity contribution in [2.75, 3.05) is 26.6 Å². The fourth-order valence-corrected chi connectivity index (χ4v) is 2.91. The molecule has 0 atom stereocenters. The molecule has 3 aromatic rings. The summed E-state index contributed by atoms with van der Waals surface area (Å²) >= 11 is 6.16. The summed E-state index contributed by atoms with van der Waals surface area (Å²) in [6, 6.07) is 10.5. The molecular formula is C19H19ClN4O4. The van der Waals surface area contributed by atoms with Gasteiger partial charge in [0.05, 0.1) is 43.4 Å². The van der Waals surface area contributed by atoms with Crippen LogP contribution in [0.4, 0.5) is 5.69 Å².